The number of imidazole rings is 1. The number of carbonyl (C=O) groups excluding carboxylic acids is 1. The molecule has 1 aliphatic rings. The maximum Gasteiger partial charge on any atom is 0.337 e. The normalized spacial score (nSPS) is 15.1. The number of thiophene rings is 1. The van der Waals surface area contributed by atoms with Crippen LogP contribution in [0.1, 0.15) is 53.4 Å². The first-order valence-corrected chi connectivity index (χ1v) is 13.0. The Balaban J connectivity index is 1.47. The first kappa shape index (κ1) is 24.5. The fourth-order valence-corrected chi connectivity index (χ4v) is 5.60. The molecule has 5 rings (SSSR count). The number of likely N-dealkylation sites (tertiary alicyclic amines) is 1. The Bertz CT molecular complexity index is 1420. The van der Waals surface area contributed by atoms with Crippen LogP contribution in [0.3, 0.4) is 0 Å². The van der Waals surface area contributed by atoms with Crippen LogP contribution in [-0.4, -0.2) is 61.8 Å². The minimum absolute atomic E-state index is 0.0296. The van der Waals surface area contributed by atoms with Crippen LogP contribution in [0.2, 0.25) is 4.34 Å². The van der Waals surface area contributed by atoms with E-state index in [-0.39, 0.29) is 29.9 Å². The molecule has 0 atom stereocenters. The maximum absolute atomic E-state index is 13.4. The molecule has 188 valence electrons. The lowest BCUT2D eigenvalue weighted by Crippen LogP contribution is -2.47. The minimum Gasteiger partial charge on any atom is -0.478 e. The number of rotatable bonds is 7. The van der Waals surface area contributed by atoms with E-state index in [4.69, 9.17) is 16.1 Å². The summed E-state index contributed by atoms with van der Waals surface area (Å²) in [5, 5.41) is 17.1. The Hall–Kier alpha value is -3.21. The number of para-hydroxylation sites is 1. The average Bonchev–Trinajstić information content (AvgIpc) is 3.58. The third kappa shape index (κ3) is 4.88. The van der Waals surface area contributed by atoms with Crippen molar-refractivity contribution in [2.24, 2.45) is 0 Å². The number of amides is 1. The molecule has 4 heterocycles. The summed E-state index contributed by atoms with van der Waals surface area (Å²) in [6, 6.07) is 10.7. The van der Waals surface area contributed by atoms with Crippen LogP contribution in [0.5, 0.6) is 0 Å². The SMILES string of the molecule is CC(C)N1CCC(NC(=O)c2nc3cccc(C(=O)O)c3n2Cc2cc(-c3ccc(Cl)s3)on2)CC1. The largest absolute Gasteiger partial charge is 0.478 e. The minimum atomic E-state index is -1.09. The number of hydrogen-bond donors (Lipinski definition) is 2. The first-order valence-electron chi connectivity index (χ1n) is 11.8. The van der Waals surface area contributed by atoms with E-state index in [2.05, 4.69) is 34.2 Å². The fraction of sp³-hybridized carbons (Fsp3) is 0.360. The number of benzene rings is 1. The zero-order valence-corrected chi connectivity index (χ0v) is 21.5. The van der Waals surface area contributed by atoms with Crippen molar-refractivity contribution < 1.29 is 19.2 Å². The molecule has 3 aromatic heterocycles. The van der Waals surface area contributed by atoms with Gasteiger partial charge in [-0.25, -0.2) is 9.78 Å². The molecule has 1 amide bonds. The number of halogens is 1. The van der Waals surface area contributed by atoms with Gasteiger partial charge in [-0.1, -0.05) is 22.8 Å². The van der Waals surface area contributed by atoms with E-state index in [0.717, 1.165) is 30.8 Å². The van der Waals surface area contributed by atoms with Crippen LogP contribution in [0.25, 0.3) is 21.7 Å². The molecule has 1 aliphatic heterocycles. The summed E-state index contributed by atoms with van der Waals surface area (Å²) >= 11 is 7.41. The van der Waals surface area contributed by atoms with Crippen LogP contribution in [-0.2, 0) is 6.54 Å². The van der Waals surface area contributed by atoms with Crippen molar-refractivity contribution >= 4 is 45.8 Å². The molecule has 1 saturated heterocycles. The number of piperidine rings is 1. The van der Waals surface area contributed by atoms with Crippen molar-refractivity contribution in [2.45, 2.75) is 45.3 Å². The highest BCUT2D eigenvalue weighted by Crippen LogP contribution is 2.32. The van der Waals surface area contributed by atoms with Crippen LogP contribution in [0.15, 0.2) is 40.9 Å². The molecule has 36 heavy (non-hydrogen) atoms. The average molecular weight is 528 g/mol. The quantitative estimate of drug-likeness (QED) is 0.356. The van der Waals surface area contributed by atoms with Gasteiger partial charge in [0.05, 0.1) is 32.4 Å². The number of carbonyl (C=O) groups is 2. The van der Waals surface area contributed by atoms with Gasteiger partial charge >= 0.3 is 5.97 Å². The standard InChI is InChI=1S/C25H26ClN5O4S/c1-14(2)30-10-8-15(9-11-30)27-24(32)23-28-18-5-3-4-17(25(33)34)22(18)31(23)13-16-12-19(35-29-16)20-6-7-21(26)36-20/h3-7,12,14-15H,8-11,13H2,1-2H3,(H,27,32)(H,33,34). The maximum atomic E-state index is 13.4. The smallest absolute Gasteiger partial charge is 0.337 e. The molecule has 9 nitrogen and oxygen atoms in total. The Labute approximate surface area is 216 Å². The lowest BCUT2D eigenvalue weighted by molar-refractivity contribution is 0.0697. The Kier molecular flexibility index (Phi) is 6.83. The zero-order chi connectivity index (χ0) is 25.4. The van der Waals surface area contributed by atoms with Gasteiger partial charge in [-0.15, -0.1) is 11.3 Å². The third-order valence-corrected chi connectivity index (χ3v) is 7.74. The molecule has 0 saturated carbocycles. The van der Waals surface area contributed by atoms with Crippen molar-refractivity contribution in [3.8, 4) is 10.6 Å². The van der Waals surface area contributed by atoms with Gasteiger partial charge in [0.15, 0.2) is 11.6 Å². The molecule has 2 N–H and O–H groups in total. The summed E-state index contributed by atoms with van der Waals surface area (Å²) < 4.78 is 7.74. The van der Waals surface area contributed by atoms with E-state index >= 15 is 0 Å². The number of aromatic nitrogens is 3. The Morgan fingerprint density at radius 1 is 1.25 bits per heavy atom. The van der Waals surface area contributed by atoms with Crippen molar-refractivity contribution in [2.75, 3.05) is 13.1 Å². The van der Waals surface area contributed by atoms with Crippen LogP contribution < -0.4 is 5.32 Å². The van der Waals surface area contributed by atoms with Crippen molar-refractivity contribution in [3.05, 3.63) is 57.8 Å². The molecule has 0 spiro atoms. The van der Waals surface area contributed by atoms with Crippen LogP contribution in [0.4, 0.5) is 0 Å². The van der Waals surface area contributed by atoms with Gasteiger partial charge in [-0.2, -0.15) is 0 Å². The summed E-state index contributed by atoms with van der Waals surface area (Å²) in [6.45, 7) is 6.29. The number of nitrogens with one attached hydrogen (secondary N) is 1. The highest BCUT2D eigenvalue weighted by Gasteiger charge is 2.27. The van der Waals surface area contributed by atoms with E-state index in [1.165, 1.54) is 17.4 Å². The number of nitrogens with zero attached hydrogens (tertiary/aromatic N) is 4. The molecule has 0 aliphatic carbocycles. The second-order valence-corrected chi connectivity index (χ2v) is 10.9. The molecule has 0 bridgehead atoms. The van der Waals surface area contributed by atoms with Gasteiger partial charge < -0.3 is 24.4 Å². The fourth-order valence-electron chi connectivity index (χ4n) is 4.61. The predicted molar refractivity (Wildman–Crippen MR) is 138 cm³/mol. The number of carboxylic acid groups (broad SMARTS) is 1. The monoisotopic (exact) mass is 527 g/mol. The van der Waals surface area contributed by atoms with Crippen LogP contribution >= 0.6 is 22.9 Å². The van der Waals surface area contributed by atoms with Gasteiger partial charge in [-0.05, 0) is 51.0 Å². The first-order chi connectivity index (χ1) is 17.3. The van der Waals surface area contributed by atoms with Gasteiger partial charge in [0.25, 0.3) is 5.91 Å². The Morgan fingerprint density at radius 2 is 2.03 bits per heavy atom. The predicted octanol–water partition coefficient (Wildman–Crippen LogP) is 4.76. The second kappa shape index (κ2) is 10.0. The van der Waals surface area contributed by atoms with Crippen LogP contribution in [0, 0.1) is 0 Å². The van der Waals surface area contributed by atoms with Crippen molar-refractivity contribution in [1.29, 1.82) is 0 Å². The third-order valence-electron chi connectivity index (χ3n) is 6.49. The molecule has 0 unspecified atom stereocenters. The molecule has 4 aromatic rings. The molecule has 11 heteroatoms. The van der Waals surface area contributed by atoms with E-state index in [0.29, 0.717) is 32.9 Å². The number of fused-ring (bicyclic) bond motifs is 1. The number of aromatic carboxylic acids is 1. The number of hydrogen-bond acceptors (Lipinski definition) is 7. The zero-order valence-electron chi connectivity index (χ0n) is 19.9. The molecule has 0 radical (unpaired) electrons. The summed E-state index contributed by atoms with van der Waals surface area (Å²) in [5.41, 5.74) is 1.41. The van der Waals surface area contributed by atoms with E-state index in [1.807, 2.05) is 6.07 Å². The second-order valence-electron chi connectivity index (χ2n) is 9.16. The molecule has 1 aromatic carbocycles. The topological polar surface area (TPSA) is 113 Å². The van der Waals surface area contributed by atoms with Gasteiger partial charge in [0.2, 0.25) is 0 Å². The highest BCUT2D eigenvalue weighted by molar-refractivity contribution is 7.19. The van der Waals surface area contributed by atoms with Gasteiger partial charge in [0.1, 0.15) is 5.69 Å². The molecular formula is C25H26ClN5O4S. The molecule has 1 fully saturated rings. The summed E-state index contributed by atoms with van der Waals surface area (Å²) in [4.78, 5) is 33.2. The highest BCUT2D eigenvalue weighted by atomic mass is 35.5. The molecular weight excluding hydrogens is 502 g/mol. The number of carboxylic acids is 1. The van der Waals surface area contributed by atoms with Gasteiger partial charge in [-0.3, -0.25) is 4.79 Å². The van der Waals surface area contributed by atoms with E-state index in [1.54, 1.807) is 28.8 Å². The Morgan fingerprint density at radius 3 is 2.69 bits per heavy atom. The summed E-state index contributed by atoms with van der Waals surface area (Å²) in [7, 11) is 0. The lowest BCUT2D eigenvalue weighted by atomic mass is 10.0. The summed E-state index contributed by atoms with van der Waals surface area (Å²) in [5.74, 6) is -0.732. The van der Waals surface area contributed by atoms with Crippen molar-refractivity contribution in [3.63, 3.8) is 0 Å². The van der Waals surface area contributed by atoms with E-state index in [9.17, 15) is 14.7 Å². The van der Waals surface area contributed by atoms with E-state index < -0.39 is 5.97 Å². The lowest BCUT2D eigenvalue weighted by Gasteiger charge is -2.34. The van der Waals surface area contributed by atoms with Crippen molar-refractivity contribution in [1.82, 2.24) is 24.9 Å². The van der Waals surface area contributed by atoms with Gasteiger partial charge in [0, 0.05) is 31.2 Å². The summed E-state index contributed by atoms with van der Waals surface area (Å²) in [6.07, 6.45) is 1.70.